The first kappa shape index (κ1) is 14.7. The number of nitrogens with one attached hydrogen (secondary N) is 1. The van der Waals surface area contributed by atoms with Crippen molar-refractivity contribution in [3.63, 3.8) is 0 Å². The standard InChI is InChI=1S/C12H16N2O5/c1-7(10(15)13-2)5-14(3)11(16)9-4-8(6-19-9)12(17)18/h4,6-7H,5H2,1-3H3,(H,13,15)(H,17,18). The summed E-state index contributed by atoms with van der Waals surface area (Å²) in [7, 11) is 3.04. The minimum absolute atomic E-state index is 0.0657. The number of rotatable bonds is 5. The molecule has 0 spiro atoms. The van der Waals surface area contributed by atoms with Gasteiger partial charge in [-0.15, -0.1) is 0 Å². The number of hydrogen-bond acceptors (Lipinski definition) is 4. The number of furan rings is 1. The molecule has 0 aliphatic carbocycles. The van der Waals surface area contributed by atoms with Gasteiger partial charge in [0.1, 0.15) is 6.26 Å². The zero-order valence-corrected chi connectivity index (χ0v) is 11.0. The molecule has 0 radical (unpaired) electrons. The molecule has 0 saturated heterocycles. The van der Waals surface area contributed by atoms with E-state index in [2.05, 4.69) is 5.32 Å². The van der Waals surface area contributed by atoms with Crippen molar-refractivity contribution in [2.45, 2.75) is 6.92 Å². The van der Waals surface area contributed by atoms with Crippen molar-refractivity contribution in [1.29, 1.82) is 0 Å². The largest absolute Gasteiger partial charge is 0.478 e. The van der Waals surface area contributed by atoms with Crippen LogP contribution in [0.2, 0.25) is 0 Å². The van der Waals surface area contributed by atoms with Gasteiger partial charge in [0.05, 0.1) is 11.5 Å². The molecule has 19 heavy (non-hydrogen) atoms. The van der Waals surface area contributed by atoms with Gasteiger partial charge in [-0.05, 0) is 0 Å². The third-order valence-electron chi connectivity index (χ3n) is 2.65. The van der Waals surface area contributed by atoms with Gasteiger partial charge in [0.25, 0.3) is 5.91 Å². The van der Waals surface area contributed by atoms with Crippen molar-refractivity contribution in [2.24, 2.45) is 5.92 Å². The van der Waals surface area contributed by atoms with Gasteiger partial charge in [0.15, 0.2) is 5.76 Å². The quantitative estimate of drug-likeness (QED) is 0.806. The zero-order valence-electron chi connectivity index (χ0n) is 11.0. The predicted molar refractivity (Wildman–Crippen MR) is 65.9 cm³/mol. The lowest BCUT2D eigenvalue weighted by Gasteiger charge is -2.19. The molecule has 104 valence electrons. The predicted octanol–water partition coefficient (Wildman–Crippen LogP) is 0.432. The molecule has 0 fully saturated rings. The second-order valence-corrected chi connectivity index (χ2v) is 4.21. The minimum Gasteiger partial charge on any atom is -0.478 e. The van der Waals surface area contributed by atoms with Gasteiger partial charge in [0, 0.05) is 26.7 Å². The Morgan fingerprint density at radius 2 is 2.11 bits per heavy atom. The van der Waals surface area contributed by atoms with E-state index >= 15 is 0 Å². The number of aromatic carboxylic acids is 1. The molecular weight excluding hydrogens is 252 g/mol. The lowest BCUT2D eigenvalue weighted by atomic mass is 10.1. The van der Waals surface area contributed by atoms with Gasteiger partial charge in [-0.2, -0.15) is 0 Å². The number of carboxylic acid groups (broad SMARTS) is 1. The zero-order chi connectivity index (χ0) is 14.6. The van der Waals surface area contributed by atoms with Crippen LogP contribution < -0.4 is 5.32 Å². The van der Waals surface area contributed by atoms with Gasteiger partial charge in [-0.25, -0.2) is 4.79 Å². The van der Waals surface area contributed by atoms with Crippen LogP contribution in [-0.2, 0) is 4.79 Å². The Morgan fingerprint density at radius 3 is 2.58 bits per heavy atom. The van der Waals surface area contributed by atoms with Crippen LogP contribution in [0.25, 0.3) is 0 Å². The smallest absolute Gasteiger partial charge is 0.338 e. The van der Waals surface area contributed by atoms with Crippen molar-refractivity contribution >= 4 is 17.8 Å². The normalized spacial score (nSPS) is 11.7. The molecule has 1 unspecified atom stereocenters. The topological polar surface area (TPSA) is 99.9 Å². The summed E-state index contributed by atoms with van der Waals surface area (Å²) in [6.07, 6.45) is 1.01. The summed E-state index contributed by atoms with van der Waals surface area (Å²) < 4.78 is 4.90. The van der Waals surface area contributed by atoms with Crippen molar-refractivity contribution in [2.75, 3.05) is 20.6 Å². The molecular formula is C12H16N2O5. The molecule has 0 bridgehead atoms. The Labute approximate surface area is 110 Å². The third-order valence-corrected chi connectivity index (χ3v) is 2.65. The molecule has 0 aromatic carbocycles. The van der Waals surface area contributed by atoms with E-state index in [1.807, 2.05) is 0 Å². The average molecular weight is 268 g/mol. The Morgan fingerprint density at radius 1 is 1.47 bits per heavy atom. The highest BCUT2D eigenvalue weighted by Gasteiger charge is 2.21. The van der Waals surface area contributed by atoms with E-state index in [4.69, 9.17) is 9.52 Å². The molecule has 2 N–H and O–H groups in total. The number of nitrogens with zero attached hydrogens (tertiary/aromatic N) is 1. The summed E-state index contributed by atoms with van der Waals surface area (Å²) >= 11 is 0. The van der Waals surface area contributed by atoms with E-state index in [9.17, 15) is 14.4 Å². The average Bonchev–Trinajstić information content (AvgIpc) is 2.86. The molecule has 1 heterocycles. The van der Waals surface area contributed by atoms with Crippen molar-refractivity contribution in [1.82, 2.24) is 10.2 Å². The van der Waals surface area contributed by atoms with Crippen LogP contribution in [0.15, 0.2) is 16.7 Å². The maximum Gasteiger partial charge on any atom is 0.338 e. The SMILES string of the molecule is CNC(=O)C(C)CN(C)C(=O)c1cc(C(=O)O)co1. The maximum atomic E-state index is 11.9. The Bertz CT molecular complexity index is 494. The van der Waals surface area contributed by atoms with Gasteiger partial charge in [0.2, 0.25) is 5.91 Å². The highest BCUT2D eigenvalue weighted by molar-refractivity contribution is 5.95. The van der Waals surface area contributed by atoms with Crippen molar-refractivity contribution in [3.05, 3.63) is 23.7 Å². The molecule has 2 amide bonds. The molecule has 7 heteroatoms. The van der Waals surface area contributed by atoms with E-state index in [1.54, 1.807) is 6.92 Å². The number of amides is 2. The van der Waals surface area contributed by atoms with E-state index in [1.165, 1.54) is 19.0 Å². The first-order valence-electron chi connectivity index (χ1n) is 5.65. The van der Waals surface area contributed by atoms with Crippen LogP contribution in [0.1, 0.15) is 27.8 Å². The summed E-state index contributed by atoms with van der Waals surface area (Å²) in [5, 5.41) is 11.2. The Kier molecular flexibility index (Phi) is 4.68. The second kappa shape index (κ2) is 6.03. The number of carboxylic acids is 1. The fourth-order valence-electron chi connectivity index (χ4n) is 1.57. The molecule has 1 aromatic heterocycles. The molecule has 0 aliphatic rings. The molecule has 7 nitrogen and oxygen atoms in total. The highest BCUT2D eigenvalue weighted by atomic mass is 16.4. The van der Waals surface area contributed by atoms with Gasteiger partial charge < -0.3 is 19.7 Å². The number of carbonyl (C=O) groups is 3. The van der Waals surface area contributed by atoms with Crippen LogP contribution >= 0.6 is 0 Å². The highest BCUT2D eigenvalue weighted by Crippen LogP contribution is 2.11. The maximum absolute atomic E-state index is 11.9. The van der Waals surface area contributed by atoms with Crippen molar-refractivity contribution in [3.8, 4) is 0 Å². The molecule has 1 atom stereocenters. The van der Waals surface area contributed by atoms with Crippen LogP contribution in [0, 0.1) is 5.92 Å². The van der Waals surface area contributed by atoms with Crippen LogP contribution in [0.3, 0.4) is 0 Å². The van der Waals surface area contributed by atoms with Crippen LogP contribution in [-0.4, -0.2) is 48.4 Å². The molecule has 0 saturated carbocycles. The summed E-state index contributed by atoms with van der Waals surface area (Å²) in [6, 6.07) is 1.16. The first-order chi connectivity index (χ1) is 8.86. The summed E-state index contributed by atoms with van der Waals surface area (Å²) in [6.45, 7) is 1.90. The molecule has 1 rings (SSSR count). The van der Waals surface area contributed by atoms with Gasteiger partial charge in [-0.3, -0.25) is 9.59 Å². The van der Waals surface area contributed by atoms with E-state index in [0.717, 1.165) is 12.3 Å². The summed E-state index contributed by atoms with van der Waals surface area (Å²) in [5.74, 6) is -2.24. The Hall–Kier alpha value is -2.31. The van der Waals surface area contributed by atoms with Crippen LogP contribution in [0.4, 0.5) is 0 Å². The van der Waals surface area contributed by atoms with Gasteiger partial charge >= 0.3 is 5.97 Å². The molecule has 1 aromatic rings. The summed E-state index contributed by atoms with van der Waals surface area (Å²) in [5.41, 5.74) is -0.0869. The summed E-state index contributed by atoms with van der Waals surface area (Å²) in [4.78, 5) is 35.3. The lowest BCUT2D eigenvalue weighted by molar-refractivity contribution is -0.124. The second-order valence-electron chi connectivity index (χ2n) is 4.21. The monoisotopic (exact) mass is 268 g/mol. The van der Waals surface area contributed by atoms with Gasteiger partial charge in [-0.1, -0.05) is 6.92 Å². The van der Waals surface area contributed by atoms with E-state index in [-0.39, 0.29) is 29.7 Å². The first-order valence-corrected chi connectivity index (χ1v) is 5.65. The number of carbonyl (C=O) groups excluding carboxylic acids is 2. The van der Waals surface area contributed by atoms with Crippen molar-refractivity contribution < 1.29 is 23.9 Å². The minimum atomic E-state index is -1.16. The number of hydrogen-bond donors (Lipinski definition) is 2. The fraction of sp³-hybridized carbons (Fsp3) is 0.417. The van der Waals surface area contributed by atoms with Crippen LogP contribution in [0.5, 0.6) is 0 Å². The molecule has 0 aliphatic heterocycles. The Balaban J connectivity index is 2.71. The van der Waals surface area contributed by atoms with E-state index in [0.29, 0.717) is 0 Å². The lowest BCUT2D eigenvalue weighted by Crippen LogP contribution is -2.37. The fourth-order valence-corrected chi connectivity index (χ4v) is 1.57. The third kappa shape index (κ3) is 3.57. The van der Waals surface area contributed by atoms with E-state index < -0.39 is 11.9 Å².